The first-order chi connectivity index (χ1) is 23.0. The molecule has 0 radical (unpaired) electrons. The first-order valence-corrected chi connectivity index (χ1v) is 18.3. The predicted molar refractivity (Wildman–Crippen MR) is 188 cm³/mol. The molecular weight excluding hydrogens is 607 g/mol. The highest BCUT2D eigenvalue weighted by Gasteiger charge is 2.47. The fraction of sp³-hybridized carbons (Fsp3) is 0.447. The monoisotopic (exact) mass is 649 g/mol. The topological polar surface area (TPSA) is 85.0 Å². The van der Waals surface area contributed by atoms with Gasteiger partial charge in [-0.2, -0.15) is 0 Å². The summed E-state index contributed by atoms with van der Waals surface area (Å²) < 4.78 is 1.19. The van der Waals surface area contributed by atoms with Crippen molar-refractivity contribution in [3.8, 4) is 0 Å². The van der Waals surface area contributed by atoms with Crippen LogP contribution in [0.3, 0.4) is 0 Å². The third-order valence-corrected chi connectivity index (χ3v) is 12.3. The van der Waals surface area contributed by atoms with E-state index in [-0.39, 0.29) is 17.8 Å². The van der Waals surface area contributed by atoms with E-state index >= 15 is 0 Å². The van der Waals surface area contributed by atoms with E-state index in [4.69, 9.17) is 0 Å². The van der Waals surface area contributed by atoms with Crippen LogP contribution >= 0.6 is 11.3 Å². The van der Waals surface area contributed by atoms with E-state index in [0.717, 1.165) is 58.9 Å². The quantitative estimate of drug-likeness (QED) is 0.272. The number of nitrogens with zero attached hydrogens (tertiary/aromatic N) is 3. The summed E-state index contributed by atoms with van der Waals surface area (Å²) in [6, 6.07) is 20.2. The molecular formula is C38H43N5O3S. The predicted octanol–water partition coefficient (Wildman–Crippen LogP) is 6.14. The number of likely N-dealkylation sites (tertiary alicyclic amines) is 3. The molecule has 1 spiro atoms. The second-order valence-electron chi connectivity index (χ2n) is 13.8. The summed E-state index contributed by atoms with van der Waals surface area (Å²) in [6.07, 6.45) is 7.37. The van der Waals surface area contributed by atoms with Crippen molar-refractivity contribution in [2.24, 2.45) is 0 Å². The van der Waals surface area contributed by atoms with Gasteiger partial charge >= 0.3 is 6.03 Å². The van der Waals surface area contributed by atoms with E-state index in [2.05, 4.69) is 51.2 Å². The Hall–Kier alpha value is -3.95. The minimum absolute atomic E-state index is 0.00843. The fourth-order valence-electron chi connectivity index (χ4n) is 8.60. The van der Waals surface area contributed by atoms with E-state index in [0.29, 0.717) is 38.4 Å². The van der Waals surface area contributed by atoms with Crippen molar-refractivity contribution in [1.82, 2.24) is 20.0 Å². The van der Waals surface area contributed by atoms with Crippen molar-refractivity contribution in [3.63, 3.8) is 0 Å². The minimum atomic E-state index is -0.672. The van der Waals surface area contributed by atoms with Crippen LogP contribution in [0.25, 0.3) is 20.9 Å². The Bertz CT molecular complexity index is 1810. The summed E-state index contributed by atoms with van der Waals surface area (Å²) in [5, 5.41) is 11.8. The summed E-state index contributed by atoms with van der Waals surface area (Å²) in [4.78, 5) is 48.1. The lowest BCUT2D eigenvalue weighted by Crippen LogP contribution is -2.58. The molecule has 4 aliphatic heterocycles. The first-order valence-electron chi connectivity index (χ1n) is 17.4. The van der Waals surface area contributed by atoms with Gasteiger partial charge in [-0.1, -0.05) is 55.0 Å². The number of carbonyl (C=O) groups is 3. The molecule has 3 aromatic carbocycles. The zero-order valence-electron chi connectivity index (χ0n) is 26.9. The molecule has 1 atom stereocenters. The average Bonchev–Trinajstić information content (AvgIpc) is 3.53. The van der Waals surface area contributed by atoms with E-state index < -0.39 is 11.5 Å². The number of amides is 4. The van der Waals surface area contributed by atoms with Gasteiger partial charge in [0.1, 0.15) is 6.04 Å². The van der Waals surface area contributed by atoms with Crippen LogP contribution in [-0.4, -0.2) is 83.9 Å². The number of anilines is 1. The Labute approximate surface area is 280 Å². The van der Waals surface area contributed by atoms with Gasteiger partial charge < -0.3 is 25.3 Å². The Morgan fingerprint density at radius 1 is 0.872 bits per heavy atom. The highest BCUT2D eigenvalue weighted by Crippen LogP contribution is 2.45. The van der Waals surface area contributed by atoms with Gasteiger partial charge in [-0.25, -0.2) is 4.79 Å². The molecule has 47 heavy (non-hydrogen) atoms. The van der Waals surface area contributed by atoms with Crippen LogP contribution in [0.2, 0.25) is 0 Å². The lowest BCUT2D eigenvalue weighted by atomic mass is 9.68. The van der Waals surface area contributed by atoms with Gasteiger partial charge in [0.05, 0.1) is 5.41 Å². The Kier molecular flexibility index (Phi) is 8.13. The summed E-state index contributed by atoms with van der Waals surface area (Å²) in [5.41, 5.74) is 2.33. The number of nitrogens with one attached hydrogen (secondary N) is 2. The number of piperidine rings is 3. The number of hydrogen-bond donors (Lipinski definition) is 2. The fourth-order valence-corrected chi connectivity index (χ4v) is 9.58. The van der Waals surface area contributed by atoms with Gasteiger partial charge in [-0.05, 0) is 91.0 Å². The number of fused-ring (bicyclic) bond motifs is 2. The average molecular weight is 650 g/mol. The lowest BCUT2D eigenvalue weighted by Gasteiger charge is -2.44. The minimum Gasteiger partial charge on any atom is -0.341 e. The molecule has 5 heterocycles. The molecule has 9 heteroatoms. The normalized spacial score (nSPS) is 20.8. The maximum absolute atomic E-state index is 14.2. The molecule has 3 saturated heterocycles. The molecule has 8 nitrogen and oxygen atoms in total. The summed E-state index contributed by atoms with van der Waals surface area (Å²) in [5.74, 6) is 0.0169. The number of benzene rings is 3. The maximum atomic E-state index is 14.2. The van der Waals surface area contributed by atoms with Crippen molar-refractivity contribution in [1.29, 1.82) is 0 Å². The Morgan fingerprint density at radius 2 is 1.62 bits per heavy atom. The molecule has 4 aliphatic rings. The van der Waals surface area contributed by atoms with Crippen molar-refractivity contribution in [3.05, 3.63) is 77.2 Å². The summed E-state index contributed by atoms with van der Waals surface area (Å²) in [6.45, 7) is 4.69. The summed E-state index contributed by atoms with van der Waals surface area (Å²) in [7, 11) is 0. The van der Waals surface area contributed by atoms with Gasteiger partial charge in [0, 0.05) is 54.4 Å². The van der Waals surface area contributed by atoms with Gasteiger partial charge in [0.25, 0.3) is 0 Å². The third kappa shape index (κ3) is 5.57. The molecule has 0 bridgehead atoms. The molecule has 8 rings (SSSR count). The standard InChI is InChI=1S/C38H43N5O3S/c44-35(42-20-14-28(15-21-42)41-18-4-1-5-19-41)32(24-27-25-47-33-13-3-2-10-29(27)33)40-37(46)43-22-16-38(17-23-43)30-11-6-8-26-9-7-12-31(34(26)30)39-36(38)45/h2-3,6-13,25,28,32H,1,4-5,14-24H2,(H,39,45)(H,40,46). The van der Waals surface area contributed by atoms with E-state index in [1.54, 1.807) is 16.2 Å². The molecule has 244 valence electrons. The highest BCUT2D eigenvalue weighted by atomic mass is 32.1. The van der Waals surface area contributed by atoms with Gasteiger partial charge in [0.15, 0.2) is 0 Å². The number of hydrogen-bond acceptors (Lipinski definition) is 5. The van der Waals surface area contributed by atoms with Crippen LogP contribution in [0.4, 0.5) is 10.5 Å². The smallest absolute Gasteiger partial charge is 0.318 e. The van der Waals surface area contributed by atoms with Crippen molar-refractivity contribution >= 4 is 55.7 Å². The van der Waals surface area contributed by atoms with Gasteiger partial charge in [-0.3, -0.25) is 9.59 Å². The van der Waals surface area contributed by atoms with E-state index in [1.807, 2.05) is 35.2 Å². The molecule has 0 aliphatic carbocycles. The van der Waals surface area contributed by atoms with E-state index in [1.165, 1.54) is 37.1 Å². The van der Waals surface area contributed by atoms with Crippen LogP contribution < -0.4 is 10.6 Å². The SMILES string of the molecule is O=C(NC(Cc1csc2ccccc12)C(=O)N1CCC(N2CCCCC2)CC1)N1CCC2(CC1)C(=O)Nc1cccc3cccc2c13. The van der Waals surface area contributed by atoms with Gasteiger partial charge in [-0.15, -0.1) is 11.3 Å². The van der Waals surface area contributed by atoms with Gasteiger partial charge in [0.2, 0.25) is 11.8 Å². The second-order valence-corrected chi connectivity index (χ2v) is 14.8. The van der Waals surface area contributed by atoms with Crippen molar-refractivity contribution < 1.29 is 14.4 Å². The Balaban J connectivity index is 0.987. The highest BCUT2D eigenvalue weighted by molar-refractivity contribution is 7.17. The molecule has 4 aromatic rings. The number of rotatable bonds is 5. The third-order valence-electron chi connectivity index (χ3n) is 11.3. The second kappa shape index (κ2) is 12.6. The van der Waals surface area contributed by atoms with Crippen molar-refractivity contribution in [2.75, 3.05) is 44.6 Å². The summed E-state index contributed by atoms with van der Waals surface area (Å²) >= 11 is 1.68. The molecule has 0 saturated carbocycles. The number of thiophene rings is 1. The first kappa shape index (κ1) is 30.4. The molecule has 3 fully saturated rings. The van der Waals surface area contributed by atoms with Crippen LogP contribution in [0, 0.1) is 0 Å². The molecule has 1 aromatic heterocycles. The maximum Gasteiger partial charge on any atom is 0.318 e. The van der Waals surface area contributed by atoms with Crippen molar-refractivity contribution in [2.45, 2.75) is 68.9 Å². The largest absolute Gasteiger partial charge is 0.341 e. The molecule has 4 amide bonds. The number of urea groups is 1. The van der Waals surface area contributed by atoms with Crippen LogP contribution in [0.1, 0.15) is 56.1 Å². The van der Waals surface area contributed by atoms with E-state index in [9.17, 15) is 14.4 Å². The zero-order valence-corrected chi connectivity index (χ0v) is 27.7. The molecule has 2 N–H and O–H groups in total. The molecule has 1 unspecified atom stereocenters. The Morgan fingerprint density at radius 3 is 2.40 bits per heavy atom. The van der Waals surface area contributed by atoms with Crippen LogP contribution in [-0.2, 0) is 21.4 Å². The zero-order chi connectivity index (χ0) is 32.0. The van der Waals surface area contributed by atoms with Crippen LogP contribution in [0.5, 0.6) is 0 Å². The van der Waals surface area contributed by atoms with Crippen LogP contribution in [0.15, 0.2) is 66.0 Å². The number of carbonyl (C=O) groups excluding carboxylic acids is 3. The lowest BCUT2D eigenvalue weighted by molar-refractivity contribution is -0.134.